The topological polar surface area (TPSA) is 105 Å². The second-order valence-electron chi connectivity index (χ2n) is 8.42. The summed E-state index contributed by atoms with van der Waals surface area (Å²) < 4.78 is 41.9. The summed E-state index contributed by atoms with van der Waals surface area (Å²) in [6.07, 6.45) is -4.44. The lowest BCUT2D eigenvalue weighted by Crippen LogP contribution is -2.45. The first kappa shape index (κ1) is 27.4. The van der Waals surface area contributed by atoms with Crippen molar-refractivity contribution in [3.63, 3.8) is 0 Å². The van der Waals surface area contributed by atoms with Gasteiger partial charge in [-0.15, -0.1) is 0 Å². The lowest BCUT2D eigenvalue weighted by molar-refractivity contribution is -0.171. The summed E-state index contributed by atoms with van der Waals surface area (Å²) in [5.41, 5.74) is 0.403. The van der Waals surface area contributed by atoms with Crippen LogP contribution in [0.3, 0.4) is 0 Å². The fourth-order valence-electron chi connectivity index (χ4n) is 2.77. The summed E-state index contributed by atoms with van der Waals surface area (Å²) in [6.45, 7) is 4.93. The van der Waals surface area contributed by atoms with E-state index >= 15 is 0 Å². The van der Waals surface area contributed by atoms with E-state index in [2.05, 4.69) is 10.6 Å². The minimum Gasteiger partial charge on any atom is -0.444 e. The summed E-state index contributed by atoms with van der Waals surface area (Å²) in [7, 11) is 0. The predicted octanol–water partition coefficient (Wildman–Crippen LogP) is 4.48. The van der Waals surface area contributed by atoms with Gasteiger partial charge in [-0.3, -0.25) is 9.59 Å². The maximum absolute atomic E-state index is 12.7. The number of carbonyl (C=O) groups excluding carboxylic acids is 3. The van der Waals surface area contributed by atoms with Gasteiger partial charge in [0, 0.05) is 12.1 Å². The molecule has 1 atom stereocenters. The number of carbonyl (C=O) groups is 3. The first-order valence-electron chi connectivity index (χ1n) is 10.4. The Hall–Kier alpha value is -2.62. The van der Waals surface area contributed by atoms with Gasteiger partial charge in [-0.2, -0.15) is 13.2 Å². The number of alkyl carbamates (subject to hydrolysis) is 1. The molecule has 0 aromatic heterocycles. The Morgan fingerprint density at radius 3 is 2.12 bits per heavy atom. The molecule has 32 heavy (non-hydrogen) atoms. The molecule has 0 aliphatic heterocycles. The molecule has 0 bridgehead atoms. The van der Waals surface area contributed by atoms with Crippen LogP contribution in [0.15, 0.2) is 24.3 Å². The van der Waals surface area contributed by atoms with E-state index in [1.54, 1.807) is 45.0 Å². The molecule has 0 aliphatic rings. The summed E-state index contributed by atoms with van der Waals surface area (Å²) in [6, 6.07) is 5.61. The summed E-state index contributed by atoms with van der Waals surface area (Å²) in [5.74, 6) is -2.21. The van der Waals surface area contributed by atoms with E-state index < -0.39 is 42.0 Å². The quantitative estimate of drug-likeness (QED) is 0.422. The maximum Gasteiger partial charge on any atom is 0.449 e. The Labute approximate surface area is 185 Å². The highest BCUT2D eigenvalue weighted by Crippen LogP contribution is 2.20. The monoisotopic (exact) mass is 460 g/mol. The molecule has 1 aromatic rings. The van der Waals surface area contributed by atoms with Crippen molar-refractivity contribution in [2.45, 2.75) is 83.7 Å². The van der Waals surface area contributed by atoms with Gasteiger partial charge in [0.25, 0.3) is 0 Å². The minimum absolute atomic E-state index is 0.103. The molecule has 2 amide bonds. The molecule has 0 saturated carbocycles. The van der Waals surface area contributed by atoms with Gasteiger partial charge in [0.15, 0.2) is 0 Å². The number of benzene rings is 1. The van der Waals surface area contributed by atoms with Crippen LogP contribution >= 0.6 is 0 Å². The average molecular weight is 460 g/mol. The van der Waals surface area contributed by atoms with Gasteiger partial charge >= 0.3 is 12.3 Å². The lowest BCUT2D eigenvalue weighted by atomic mass is 10.0. The van der Waals surface area contributed by atoms with E-state index in [1.165, 1.54) is 0 Å². The molecule has 3 N–H and O–H groups in total. The number of aliphatic hydroxyl groups is 1. The molecule has 1 unspecified atom stereocenters. The smallest absolute Gasteiger partial charge is 0.444 e. The minimum atomic E-state index is -4.81. The lowest BCUT2D eigenvalue weighted by Gasteiger charge is -2.23. The van der Waals surface area contributed by atoms with Gasteiger partial charge in [-0.25, -0.2) is 4.79 Å². The maximum atomic E-state index is 12.7. The Kier molecular flexibility index (Phi) is 10.6. The SMILES string of the molecule is CC(C)(C)OC(=O)NC(CCCCCCC(=O)C(F)(F)F)C(=O)Nc1ccc(CO)cc1. The highest BCUT2D eigenvalue weighted by molar-refractivity contribution is 5.96. The van der Waals surface area contributed by atoms with Crippen LogP contribution in [0.1, 0.15) is 64.9 Å². The van der Waals surface area contributed by atoms with Crippen molar-refractivity contribution in [1.29, 1.82) is 0 Å². The number of amides is 2. The second-order valence-corrected chi connectivity index (χ2v) is 8.42. The molecule has 0 heterocycles. The van der Waals surface area contributed by atoms with Gasteiger partial charge in [-0.1, -0.05) is 31.4 Å². The number of ether oxygens (including phenoxy) is 1. The van der Waals surface area contributed by atoms with E-state index in [4.69, 9.17) is 9.84 Å². The molecular weight excluding hydrogens is 429 g/mol. The number of anilines is 1. The molecule has 7 nitrogen and oxygen atoms in total. The first-order chi connectivity index (χ1) is 14.8. The van der Waals surface area contributed by atoms with Crippen molar-refractivity contribution in [3.05, 3.63) is 29.8 Å². The van der Waals surface area contributed by atoms with Crippen molar-refractivity contribution >= 4 is 23.5 Å². The number of unbranched alkanes of at least 4 members (excludes halogenated alkanes) is 3. The van der Waals surface area contributed by atoms with Crippen LogP contribution in [-0.2, 0) is 20.9 Å². The Morgan fingerprint density at radius 1 is 1.00 bits per heavy atom. The van der Waals surface area contributed by atoms with Crippen LogP contribution in [0.2, 0.25) is 0 Å². The summed E-state index contributed by atoms with van der Waals surface area (Å²) in [5, 5.41) is 14.3. The second kappa shape index (κ2) is 12.4. The molecular formula is C22H31F3N2O5. The number of ketones is 1. The largest absolute Gasteiger partial charge is 0.449 e. The number of nitrogens with one attached hydrogen (secondary N) is 2. The standard InChI is InChI=1S/C22H31F3N2O5/c1-21(2,3)32-20(31)27-17(8-6-4-5-7-9-18(29)22(23,24)25)19(30)26-16-12-10-15(14-28)11-13-16/h10-13,17,28H,4-9,14H2,1-3H3,(H,26,30)(H,27,31). The molecule has 1 aromatic carbocycles. The van der Waals surface area contributed by atoms with Gasteiger partial charge in [-0.05, 0) is 51.3 Å². The van der Waals surface area contributed by atoms with Crippen molar-refractivity contribution in [2.24, 2.45) is 0 Å². The van der Waals surface area contributed by atoms with Gasteiger partial charge in [0.05, 0.1) is 6.61 Å². The van der Waals surface area contributed by atoms with Crippen LogP contribution in [0, 0.1) is 0 Å². The van der Waals surface area contributed by atoms with Gasteiger partial charge in [0.2, 0.25) is 11.7 Å². The van der Waals surface area contributed by atoms with Crippen LogP contribution in [-0.4, -0.2) is 40.7 Å². The molecule has 0 radical (unpaired) electrons. The normalized spacial score (nSPS) is 12.7. The number of Topliss-reactive ketones (excluding diaryl/α,β-unsaturated/α-hetero) is 1. The van der Waals surface area contributed by atoms with Crippen LogP contribution < -0.4 is 10.6 Å². The predicted molar refractivity (Wildman–Crippen MR) is 113 cm³/mol. The Morgan fingerprint density at radius 2 is 1.59 bits per heavy atom. The first-order valence-corrected chi connectivity index (χ1v) is 10.4. The van der Waals surface area contributed by atoms with Crippen molar-refractivity contribution in [3.8, 4) is 0 Å². The zero-order valence-electron chi connectivity index (χ0n) is 18.6. The molecule has 0 aliphatic carbocycles. The number of rotatable bonds is 11. The average Bonchev–Trinajstić information content (AvgIpc) is 2.67. The Balaban J connectivity index is 2.62. The number of halogens is 3. The number of hydrogen-bond acceptors (Lipinski definition) is 5. The number of alkyl halides is 3. The zero-order valence-corrected chi connectivity index (χ0v) is 18.6. The van der Waals surface area contributed by atoms with Crippen LogP contribution in [0.5, 0.6) is 0 Å². The zero-order chi connectivity index (χ0) is 24.4. The fraction of sp³-hybridized carbons (Fsp3) is 0.591. The van der Waals surface area contributed by atoms with E-state index in [-0.39, 0.29) is 19.4 Å². The molecule has 10 heteroatoms. The van der Waals surface area contributed by atoms with E-state index in [0.29, 0.717) is 30.5 Å². The molecule has 0 spiro atoms. The number of hydrogen-bond donors (Lipinski definition) is 3. The van der Waals surface area contributed by atoms with Crippen molar-refractivity contribution in [2.75, 3.05) is 5.32 Å². The van der Waals surface area contributed by atoms with Crippen molar-refractivity contribution < 1.29 is 37.4 Å². The van der Waals surface area contributed by atoms with Crippen LogP contribution in [0.4, 0.5) is 23.7 Å². The number of aliphatic hydroxyl groups excluding tert-OH is 1. The molecule has 1 rings (SSSR count). The van der Waals surface area contributed by atoms with E-state index in [9.17, 15) is 27.6 Å². The third-order valence-corrected chi connectivity index (χ3v) is 4.37. The van der Waals surface area contributed by atoms with Crippen molar-refractivity contribution in [1.82, 2.24) is 5.32 Å². The third kappa shape index (κ3) is 11.1. The summed E-state index contributed by atoms with van der Waals surface area (Å²) in [4.78, 5) is 35.7. The van der Waals surface area contributed by atoms with E-state index in [0.717, 1.165) is 0 Å². The highest BCUT2D eigenvalue weighted by Gasteiger charge is 2.37. The molecule has 0 saturated heterocycles. The van der Waals surface area contributed by atoms with Gasteiger partial charge < -0.3 is 20.5 Å². The molecule has 180 valence electrons. The fourth-order valence-corrected chi connectivity index (χ4v) is 2.77. The summed E-state index contributed by atoms with van der Waals surface area (Å²) >= 11 is 0. The van der Waals surface area contributed by atoms with E-state index in [1.807, 2.05) is 0 Å². The van der Waals surface area contributed by atoms with Gasteiger partial charge in [0.1, 0.15) is 11.6 Å². The third-order valence-electron chi connectivity index (χ3n) is 4.37. The van der Waals surface area contributed by atoms with Crippen LogP contribution in [0.25, 0.3) is 0 Å². The highest BCUT2D eigenvalue weighted by atomic mass is 19.4. The molecule has 0 fully saturated rings. The Bertz CT molecular complexity index is 758.